The summed E-state index contributed by atoms with van der Waals surface area (Å²) in [4.78, 5) is 40.5. The number of fused-ring (bicyclic) bond motifs is 1. The standard InChI is InChI=1S/C28H36N4O4.ClH/c1-29-27(34)25(14-8-13-20-9-4-2-5-10-20)31-26(33)24-18-32(17-22-15-30-16-23(22)24)28(35)36-19-21-11-6-3-7-12-21;/h2-7,9-12,22-25,30H,8,13-19H2,1H3,(H,29,34)(H,31,33);1H/t22?,23?,24?,25-;/m0./s1. The molecule has 2 aliphatic rings. The van der Waals surface area contributed by atoms with Gasteiger partial charge in [0.2, 0.25) is 11.8 Å². The van der Waals surface area contributed by atoms with Gasteiger partial charge in [-0.05, 0) is 55.3 Å². The van der Waals surface area contributed by atoms with E-state index in [1.807, 2.05) is 48.5 Å². The van der Waals surface area contributed by atoms with E-state index in [4.69, 9.17) is 4.74 Å². The number of piperidine rings is 1. The Morgan fingerprint density at radius 3 is 2.35 bits per heavy atom. The molecule has 0 saturated carbocycles. The first-order chi connectivity index (χ1) is 17.5. The largest absolute Gasteiger partial charge is 0.445 e. The molecule has 3 N–H and O–H groups in total. The van der Waals surface area contributed by atoms with Gasteiger partial charge in [0.05, 0.1) is 5.92 Å². The molecule has 0 aliphatic carbocycles. The Morgan fingerprint density at radius 2 is 1.68 bits per heavy atom. The minimum atomic E-state index is -0.612. The Kier molecular flexibility index (Phi) is 10.8. The van der Waals surface area contributed by atoms with Gasteiger partial charge < -0.3 is 25.6 Å². The molecule has 2 aromatic rings. The first-order valence-electron chi connectivity index (χ1n) is 12.8. The molecule has 8 nitrogen and oxygen atoms in total. The van der Waals surface area contributed by atoms with E-state index in [2.05, 4.69) is 28.1 Å². The molecule has 2 saturated heterocycles. The van der Waals surface area contributed by atoms with Crippen LogP contribution in [0, 0.1) is 17.8 Å². The van der Waals surface area contributed by atoms with Crippen LogP contribution in [0.15, 0.2) is 60.7 Å². The molecular formula is C28H37ClN4O4. The number of benzene rings is 2. The number of likely N-dealkylation sites (N-methyl/N-ethyl adjacent to an activating group) is 1. The van der Waals surface area contributed by atoms with Crippen molar-refractivity contribution in [2.45, 2.75) is 31.9 Å². The van der Waals surface area contributed by atoms with E-state index in [1.54, 1.807) is 11.9 Å². The summed E-state index contributed by atoms with van der Waals surface area (Å²) in [5.74, 6) is -0.479. The molecule has 2 heterocycles. The van der Waals surface area contributed by atoms with Gasteiger partial charge in [-0.25, -0.2) is 4.79 Å². The Morgan fingerprint density at radius 1 is 1.00 bits per heavy atom. The van der Waals surface area contributed by atoms with Crippen LogP contribution >= 0.6 is 12.4 Å². The highest BCUT2D eigenvalue weighted by Crippen LogP contribution is 2.32. The van der Waals surface area contributed by atoms with Crippen molar-refractivity contribution in [3.63, 3.8) is 0 Å². The van der Waals surface area contributed by atoms with Crippen LogP contribution in [0.1, 0.15) is 24.0 Å². The Hall–Kier alpha value is -3.10. The zero-order valence-corrected chi connectivity index (χ0v) is 22.0. The molecule has 0 spiro atoms. The van der Waals surface area contributed by atoms with Crippen molar-refractivity contribution in [2.24, 2.45) is 17.8 Å². The number of nitrogens with one attached hydrogen (secondary N) is 3. The van der Waals surface area contributed by atoms with E-state index in [1.165, 1.54) is 5.56 Å². The molecule has 0 radical (unpaired) electrons. The number of likely N-dealkylation sites (tertiary alicyclic amines) is 1. The number of aryl methyl sites for hydroxylation is 1. The highest BCUT2D eigenvalue weighted by Gasteiger charge is 2.45. The van der Waals surface area contributed by atoms with Crippen molar-refractivity contribution in [3.05, 3.63) is 71.8 Å². The van der Waals surface area contributed by atoms with Gasteiger partial charge in [0, 0.05) is 20.1 Å². The van der Waals surface area contributed by atoms with E-state index in [9.17, 15) is 14.4 Å². The van der Waals surface area contributed by atoms with E-state index in [-0.39, 0.29) is 49.2 Å². The normalized spacial score (nSPS) is 21.2. The van der Waals surface area contributed by atoms with Crippen LogP contribution in [0.3, 0.4) is 0 Å². The number of nitrogens with zero attached hydrogens (tertiary/aromatic N) is 1. The molecule has 0 bridgehead atoms. The number of hydrogen-bond donors (Lipinski definition) is 3. The van der Waals surface area contributed by atoms with Crippen LogP contribution in [0.4, 0.5) is 4.79 Å². The van der Waals surface area contributed by atoms with Crippen molar-refractivity contribution >= 4 is 30.3 Å². The minimum Gasteiger partial charge on any atom is -0.445 e. The molecule has 0 aromatic heterocycles. The van der Waals surface area contributed by atoms with Crippen LogP contribution in [0.25, 0.3) is 0 Å². The predicted molar refractivity (Wildman–Crippen MR) is 144 cm³/mol. The Labute approximate surface area is 224 Å². The molecule has 2 aromatic carbocycles. The molecule has 9 heteroatoms. The first kappa shape index (κ1) is 28.5. The summed E-state index contributed by atoms with van der Waals surface area (Å²) in [6.45, 7) is 2.53. The predicted octanol–water partition coefficient (Wildman–Crippen LogP) is 2.77. The molecule has 4 atom stereocenters. The number of rotatable bonds is 9. The molecule has 2 fully saturated rings. The third kappa shape index (κ3) is 7.69. The summed E-state index contributed by atoms with van der Waals surface area (Å²) < 4.78 is 5.55. The lowest BCUT2D eigenvalue weighted by atomic mass is 9.79. The zero-order chi connectivity index (χ0) is 25.3. The molecule has 37 heavy (non-hydrogen) atoms. The Balaban J connectivity index is 0.00000380. The summed E-state index contributed by atoms with van der Waals surface area (Å²) in [6, 6.07) is 19.0. The van der Waals surface area contributed by atoms with Crippen molar-refractivity contribution in [1.29, 1.82) is 0 Å². The third-order valence-electron chi connectivity index (χ3n) is 7.26. The van der Waals surface area contributed by atoms with Crippen molar-refractivity contribution in [3.8, 4) is 0 Å². The summed E-state index contributed by atoms with van der Waals surface area (Å²) in [6.07, 6.45) is 1.75. The summed E-state index contributed by atoms with van der Waals surface area (Å²) >= 11 is 0. The maximum atomic E-state index is 13.5. The van der Waals surface area contributed by atoms with Gasteiger partial charge in [-0.2, -0.15) is 0 Å². The van der Waals surface area contributed by atoms with Gasteiger partial charge in [0.15, 0.2) is 0 Å². The van der Waals surface area contributed by atoms with Crippen LogP contribution in [-0.2, 0) is 27.4 Å². The lowest BCUT2D eigenvalue weighted by Gasteiger charge is -2.39. The molecular weight excluding hydrogens is 492 g/mol. The van der Waals surface area contributed by atoms with E-state index >= 15 is 0 Å². The van der Waals surface area contributed by atoms with Crippen LogP contribution in [0.5, 0.6) is 0 Å². The topological polar surface area (TPSA) is 99.8 Å². The summed E-state index contributed by atoms with van der Waals surface area (Å²) in [7, 11) is 1.58. The fourth-order valence-electron chi connectivity index (χ4n) is 5.27. The lowest BCUT2D eigenvalue weighted by Crippen LogP contribution is -2.56. The number of ether oxygens (including phenoxy) is 1. The summed E-state index contributed by atoms with van der Waals surface area (Å²) in [5, 5.41) is 9.04. The van der Waals surface area contributed by atoms with Gasteiger partial charge in [-0.1, -0.05) is 60.7 Å². The number of carbonyl (C=O) groups excluding carboxylic acids is 3. The maximum absolute atomic E-state index is 13.5. The molecule has 3 unspecified atom stereocenters. The van der Waals surface area contributed by atoms with E-state index in [0.29, 0.717) is 13.0 Å². The molecule has 4 rings (SSSR count). The fraction of sp³-hybridized carbons (Fsp3) is 0.464. The number of halogens is 1. The SMILES string of the molecule is CNC(=O)[C@H](CCCc1ccccc1)NC(=O)C1CN(C(=O)OCc2ccccc2)CC2CNCC21.Cl. The third-order valence-corrected chi connectivity index (χ3v) is 7.26. The second-order valence-corrected chi connectivity index (χ2v) is 9.69. The minimum absolute atomic E-state index is 0. The quantitative estimate of drug-likeness (QED) is 0.465. The van der Waals surface area contributed by atoms with Crippen molar-refractivity contribution in [2.75, 3.05) is 33.2 Å². The van der Waals surface area contributed by atoms with Crippen molar-refractivity contribution < 1.29 is 19.1 Å². The second kappa shape index (κ2) is 14.0. The van der Waals surface area contributed by atoms with Gasteiger partial charge in [-0.3, -0.25) is 9.59 Å². The van der Waals surface area contributed by atoms with Crippen LogP contribution < -0.4 is 16.0 Å². The van der Waals surface area contributed by atoms with Gasteiger partial charge in [0.1, 0.15) is 12.6 Å². The van der Waals surface area contributed by atoms with Gasteiger partial charge >= 0.3 is 6.09 Å². The van der Waals surface area contributed by atoms with Crippen LogP contribution in [-0.4, -0.2) is 62.1 Å². The summed E-state index contributed by atoms with van der Waals surface area (Å²) in [5.41, 5.74) is 2.12. The maximum Gasteiger partial charge on any atom is 0.410 e. The zero-order valence-electron chi connectivity index (χ0n) is 21.2. The average Bonchev–Trinajstić information content (AvgIpc) is 3.40. The highest BCUT2D eigenvalue weighted by molar-refractivity contribution is 5.89. The second-order valence-electron chi connectivity index (χ2n) is 9.69. The fourth-order valence-corrected chi connectivity index (χ4v) is 5.27. The molecule has 200 valence electrons. The number of hydrogen-bond acceptors (Lipinski definition) is 5. The average molecular weight is 529 g/mol. The smallest absolute Gasteiger partial charge is 0.410 e. The van der Waals surface area contributed by atoms with Gasteiger partial charge in [-0.15, -0.1) is 12.4 Å². The number of amides is 3. The molecule has 3 amide bonds. The number of carbonyl (C=O) groups is 3. The Bertz CT molecular complexity index is 1020. The van der Waals surface area contributed by atoms with E-state index < -0.39 is 18.1 Å². The van der Waals surface area contributed by atoms with Gasteiger partial charge in [0.25, 0.3) is 0 Å². The van der Waals surface area contributed by atoms with Crippen molar-refractivity contribution in [1.82, 2.24) is 20.9 Å². The van der Waals surface area contributed by atoms with Crippen LogP contribution in [0.2, 0.25) is 0 Å². The first-order valence-corrected chi connectivity index (χ1v) is 12.8. The van der Waals surface area contributed by atoms with E-state index in [0.717, 1.165) is 31.5 Å². The monoisotopic (exact) mass is 528 g/mol. The molecule has 2 aliphatic heterocycles. The lowest BCUT2D eigenvalue weighted by molar-refractivity contribution is -0.134. The highest BCUT2D eigenvalue weighted by atomic mass is 35.5.